The summed E-state index contributed by atoms with van der Waals surface area (Å²) < 4.78 is 5.07. The van der Waals surface area contributed by atoms with Crippen LogP contribution in [-0.2, 0) is 17.8 Å². The van der Waals surface area contributed by atoms with E-state index >= 15 is 0 Å². The number of fused-ring (bicyclic) bond motifs is 1. The van der Waals surface area contributed by atoms with Crippen LogP contribution in [-0.4, -0.2) is 30.2 Å². The quantitative estimate of drug-likeness (QED) is 0.879. The average molecular weight is 328 g/mol. The highest BCUT2D eigenvalue weighted by Crippen LogP contribution is 2.31. The smallest absolute Gasteiger partial charge is 0.322 e. The molecule has 0 unspecified atom stereocenters. The Morgan fingerprint density at radius 1 is 1.42 bits per heavy atom. The first-order valence-electron chi connectivity index (χ1n) is 8.02. The van der Waals surface area contributed by atoms with Gasteiger partial charge in [0.25, 0.3) is 0 Å². The van der Waals surface area contributed by atoms with Crippen LogP contribution in [0.5, 0.6) is 0 Å². The fourth-order valence-corrected chi connectivity index (χ4v) is 2.88. The number of benzene rings is 1. The topological polar surface area (TPSA) is 87.5 Å². The maximum Gasteiger partial charge on any atom is 0.322 e. The van der Waals surface area contributed by atoms with E-state index in [4.69, 9.17) is 4.52 Å². The third-order valence-electron chi connectivity index (χ3n) is 4.02. The summed E-state index contributed by atoms with van der Waals surface area (Å²) in [6.45, 7) is 5.48. The first-order chi connectivity index (χ1) is 11.6. The minimum Gasteiger partial charge on any atom is -0.364 e. The van der Waals surface area contributed by atoms with Crippen LogP contribution < -0.4 is 15.5 Å². The summed E-state index contributed by atoms with van der Waals surface area (Å²) in [5, 5.41) is 9.57. The summed E-state index contributed by atoms with van der Waals surface area (Å²) in [4.78, 5) is 25.4. The second-order valence-electron chi connectivity index (χ2n) is 5.55. The zero-order valence-corrected chi connectivity index (χ0v) is 13.8. The number of carbonyl (C=O) groups excluding carboxylic acids is 2. The highest BCUT2D eigenvalue weighted by Gasteiger charge is 2.23. The molecule has 3 rings (SSSR count). The highest BCUT2D eigenvalue weighted by atomic mass is 16.5. The van der Waals surface area contributed by atoms with E-state index in [2.05, 4.69) is 15.8 Å². The lowest BCUT2D eigenvalue weighted by atomic mass is 9.99. The van der Waals surface area contributed by atoms with Gasteiger partial charge < -0.3 is 15.2 Å². The second kappa shape index (κ2) is 6.74. The van der Waals surface area contributed by atoms with Crippen LogP contribution in [0, 0.1) is 0 Å². The molecule has 1 aromatic heterocycles. The first-order valence-corrected chi connectivity index (χ1v) is 8.02. The number of anilines is 1. The number of urea groups is 1. The van der Waals surface area contributed by atoms with Crippen molar-refractivity contribution < 1.29 is 14.1 Å². The predicted octanol–water partition coefficient (Wildman–Crippen LogP) is 2.07. The highest BCUT2D eigenvalue weighted by molar-refractivity contribution is 5.95. The summed E-state index contributed by atoms with van der Waals surface area (Å²) in [6.07, 6.45) is 1.73. The molecule has 0 aliphatic carbocycles. The summed E-state index contributed by atoms with van der Waals surface area (Å²) in [6, 6.07) is 5.77. The number of hydrogen-bond donors (Lipinski definition) is 2. The number of carbonyl (C=O) groups is 2. The average Bonchev–Trinajstić information content (AvgIpc) is 3.02. The van der Waals surface area contributed by atoms with Crippen molar-refractivity contribution in [3.05, 3.63) is 35.7 Å². The van der Waals surface area contributed by atoms with E-state index in [9.17, 15) is 9.59 Å². The molecular formula is C17H20N4O3. The normalized spacial score (nSPS) is 13.4. The van der Waals surface area contributed by atoms with Crippen molar-refractivity contribution in [2.45, 2.75) is 26.8 Å². The Kier molecular flexibility index (Phi) is 4.50. The third kappa shape index (κ3) is 2.97. The minimum absolute atomic E-state index is 0.0837. The van der Waals surface area contributed by atoms with Crippen molar-refractivity contribution in [2.24, 2.45) is 0 Å². The molecular weight excluding hydrogens is 308 g/mol. The Morgan fingerprint density at radius 2 is 2.25 bits per heavy atom. The van der Waals surface area contributed by atoms with Crippen LogP contribution in [0.25, 0.3) is 11.1 Å². The van der Waals surface area contributed by atoms with Crippen molar-refractivity contribution in [1.82, 2.24) is 15.8 Å². The summed E-state index contributed by atoms with van der Waals surface area (Å²) in [7, 11) is 0. The molecule has 0 saturated carbocycles. The number of likely N-dealkylation sites (N-methyl/N-ethyl adjacent to an activating group) is 1. The van der Waals surface area contributed by atoms with E-state index in [1.807, 2.05) is 32.0 Å². The molecule has 24 heavy (non-hydrogen) atoms. The fourth-order valence-electron chi connectivity index (χ4n) is 2.88. The molecule has 0 atom stereocenters. The molecule has 0 radical (unpaired) electrons. The molecule has 0 spiro atoms. The molecule has 1 aliphatic heterocycles. The summed E-state index contributed by atoms with van der Waals surface area (Å²) >= 11 is 0. The Bertz CT molecular complexity index is 769. The molecule has 2 N–H and O–H groups in total. The molecule has 7 nitrogen and oxygen atoms in total. The van der Waals surface area contributed by atoms with Gasteiger partial charge >= 0.3 is 6.03 Å². The van der Waals surface area contributed by atoms with Crippen molar-refractivity contribution in [3.63, 3.8) is 0 Å². The van der Waals surface area contributed by atoms with E-state index in [0.717, 1.165) is 22.4 Å². The second-order valence-corrected chi connectivity index (χ2v) is 5.55. The lowest BCUT2D eigenvalue weighted by molar-refractivity contribution is -0.120. The van der Waals surface area contributed by atoms with Crippen LogP contribution in [0.4, 0.5) is 10.5 Å². The maximum atomic E-state index is 11.9. The molecule has 0 saturated heterocycles. The number of rotatable bonds is 5. The molecule has 3 amide bonds. The minimum atomic E-state index is -0.0879. The maximum absolute atomic E-state index is 11.9. The number of hydrogen-bond acceptors (Lipinski definition) is 4. The SMILES string of the molecule is CCNC(=O)Cc1nocc1-c1ccc2c(c1)CNC(=O)N2CC. The van der Waals surface area contributed by atoms with E-state index in [1.54, 1.807) is 11.2 Å². The lowest BCUT2D eigenvalue weighted by Gasteiger charge is -2.29. The van der Waals surface area contributed by atoms with E-state index in [1.165, 1.54) is 0 Å². The molecule has 2 aromatic rings. The largest absolute Gasteiger partial charge is 0.364 e. The standard InChI is InChI=1S/C17H20N4O3/c1-3-18-16(22)8-14-13(10-24-20-14)11-5-6-15-12(7-11)9-19-17(23)21(15)4-2/h5-7,10H,3-4,8-9H2,1-2H3,(H,18,22)(H,19,23). The Balaban J connectivity index is 1.91. The van der Waals surface area contributed by atoms with Gasteiger partial charge in [0, 0.05) is 25.2 Å². The van der Waals surface area contributed by atoms with Crippen LogP contribution in [0.3, 0.4) is 0 Å². The fraction of sp³-hybridized carbons (Fsp3) is 0.353. The van der Waals surface area contributed by atoms with Gasteiger partial charge in [-0.25, -0.2) is 4.79 Å². The van der Waals surface area contributed by atoms with Crippen LogP contribution in [0.15, 0.2) is 29.0 Å². The van der Waals surface area contributed by atoms with Crippen LogP contribution in [0.2, 0.25) is 0 Å². The van der Waals surface area contributed by atoms with Gasteiger partial charge in [0.05, 0.1) is 12.1 Å². The Hall–Kier alpha value is -2.83. The number of aromatic nitrogens is 1. The number of nitrogens with zero attached hydrogens (tertiary/aromatic N) is 2. The molecule has 1 aliphatic rings. The van der Waals surface area contributed by atoms with Crippen LogP contribution in [0.1, 0.15) is 25.1 Å². The number of nitrogens with one attached hydrogen (secondary N) is 2. The van der Waals surface area contributed by atoms with Gasteiger partial charge in [-0.3, -0.25) is 9.69 Å². The van der Waals surface area contributed by atoms with Gasteiger partial charge in [-0.05, 0) is 37.1 Å². The van der Waals surface area contributed by atoms with Gasteiger partial charge in [0.2, 0.25) is 5.91 Å². The molecule has 2 heterocycles. The van der Waals surface area contributed by atoms with E-state index in [0.29, 0.717) is 25.3 Å². The summed E-state index contributed by atoms with van der Waals surface area (Å²) in [5.74, 6) is -0.0879. The Morgan fingerprint density at radius 3 is 3.00 bits per heavy atom. The third-order valence-corrected chi connectivity index (χ3v) is 4.02. The van der Waals surface area contributed by atoms with Gasteiger partial charge in [-0.15, -0.1) is 0 Å². The first kappa shape index (κ1) is 16.0. The zero-order chi connectivity index (χ0) is 17.1. The number of amides is 3. The van der Waals surface area contributed by atoms with Crippen LogP contribution >= 0.6 is 0 Å². The molecule has 7 heteroatoms. The Labute approximate surface area is 140 Å². The van der Waals surface area contributed by atoms with Crippen molar-refractivity contribution in [1.29, 1.82) is 0 Å². The van der Waals surface area contributed by atoms with Gasteiger partial charge in [-0.1, -0.05) is 11.2 Å². The molecule has 0 fully saturated rings. The molecule has 0 bridgehead atoms. The summed E-state index contributed by atoms with van der Waals surface area (Å²) in [5.41, 5.74) is 4.25. The molecule has 1 aromatic carbocycles. The van der Waals surface area contributed by atoms with Crippen molar-refractivity contribution in [2.75, 3.05) is 18.0 Å². The van der Waals surface area contributed by atoms with Crippen molar-refractivity contribution >= 4 is 17.6 Å². The van der Waals surface area contributed by atoms with Gasteiger partial charge in [0.15, 0.2) is 0 Å². The lowest BCUT2D eigenvalue weighted by Crippen LogP contribution is -2.43. The zero-order valence-electron chi connectivity index (χ0n) is 13.8. The van der Waals surface area contributed by atoms with Gasteiger partial charge in [0.1, 0.15) is 12.0 Å². The van der Waals surface area contributed by atoms with E-state index < -0.39 is 0 Å². The van der Waals surface area contributed by atoms with E-state index in [-0.39, 0.29) is 18.4 Å². The monoisotopic (exact) mass is 328 g/mol. The van der Waals surface area contributed by atoms with Crippen molar-refractivity contribution in [3.8, 4) is 11.1 Å². The van der Waals surface area contributed by atoms with Gasteiger partial charge in [-0.2, -0.15) is 0 Å². The molecule has 126 valence electrons. The predicted molar refractivity (Wildman–Crippen MR) is 89.6 cm³/mol.